The summed E-state index contributed by atoms with van der Waals surface area (Å²) in [6, 6.07) is 21.3. The molecule has 2 rings (SSSR count). The molecule has 2 aromatic rings. The van der Waals surface area contributed by atoms with Gasteiger partial charge >= 0.3 is 189 Å². The van der Waals surface area contributed by atoms with E-state index in [1.807, 2.05) is 0 Å². The summed E-state index contributed by atoms with van der Waals surface area (Å²) >= 11 is 1.40. The summed E-state index contributed by atoms with van der Waals surface area (Å²) in [6.07, 6.45) is 4.00. The van der Waals surface area contributed by atoms with Crippen LogP contribution in [0.5, 0.6) is 0 Å². The third-order valence-corrected chi connectivity index (χ3v) is 22.7. The zero-order valence-electron chi connectivity index (χ0n) is 18.1. The van der Waals surface area contributed by atoms with E-state index in [1.54, 1.807) is 0 Å². The molecule has 0 heterocycles. The van der Waals surface area contributed by atoms with Gasteiger partial charge in [0.1, 0.15) is 0 Å². The van der Waals surface area contributed by atoms with E-state index in [4.69, 9.17) is 0 Å². The molecule has 0 radical (unpaired) electrons. The molecule has 1 atom stereocenters. The van der Waals surface area contributed by atoms with Crippen LogP contribution in [0.4, 0.5) is 0 Å². The van der Waals surface area contributed by atoms with E-state index < -0.39 is 24.6 Å². The standard InChI is InChI=1S/C25H35GeOPSe/c1-4-26(5-2,6-3)20-17-25(27)28(29,21-18-23-13-9-7-10-14-23)22-19-24-15-11-8-12-16-24/h7-16,25,27H,4-6,18-19,21-22H2,1-3H3. The zero-order valence-corrected chi connectivity index (χ0v) is 22.8. The second-order valence-corrected chi connectivity index (χ2v) is 26.1. The van der Waals surface area contributed by atoms with Crippen molar-refractivity contribution in [3.8, 4) is 10.7 Å². The van der Waals surface area contributed by atoms with Crippen molar-refractivity contribution in [1.29, 1.82) is 0 Å². The van der Waals surface area contributed by atoms with Crippen LogP contribution in [0.15, 0.2) is 60.7 Å². The number of aryl methyl sites for hydroxylation is 2. The van der Waals surface area contributed by atoms with Gasteiger partial charge in [0.25, 0.3) is 0 Å². The molecule has 2 aromatic carbocycles. The van der Waals surface area contributed by atoms with Crippen molar-refractivity contribution >= 4 is 33.9 Å². The van der Waals surface area contributed by atoms with Gasteiger partial charge < -0.3 is 0 Å². The Hall–Kier alpha value is -0.548. The first-order chi connectivity index (χ1) is 14.0. The molecule has 0 saturated heterocycles. The van der Waals surface area contributed by atoms with Crippen LogP contribution in [0.25, 0.3) is 0 Å². The van der Waals surface area contributed by atoms with Crippen molar-refractivity contribution in [2.75, 3.05) is 12.3 Å². The van der Waals surface area contributed by atoms with Gasteiger partial charge in [-0.05, 0) is 0 Å². The van der Waals surface area contributed by atoms with Crippen LogP contribution in [-0.2, 0) is 12.8 Å². The van der Waals surface area contributed by atoms with Crippen LogP contribution in [0.1, 0.15) is 31.9 Å². The molecule has 0 aliphatic carbocycles. The normalized spacial score (nSPS) is 12.8. The molecule has 156 valence electrons. The van der Waals surface area contributed by atoms with E-state index in [0.717, 1.165) is 25.2 Å². The molecule has 1 unspecified atom stereocenters. The summed E-state index contributed by atoms with van der Waals surface area (Å²) in [7, 11) is 0. The van der Waals surface area contributed by atoms with Crippen molar-refractivity contribution in [1.82, 2.24) is 0 Å². The molecule has 0 spiro atoms. The third-order valence-electron chi connectivity index (χ3n) is 6.19. The number of aliphatic hydroxyl groups excluding tert-OH is 1. The molecule has 0 aliphatic heterocycles. The summed E-state index contributed by atoms with van der Waals surface area (Å²) < 4.78 is 3.68. The first-order valence-corrected chi connectivity index (χ1v) is 20.8. The van der Waals surface area contributed by atoms with E-state index in [-0.39, 0.29) is 0 Å². The Morgan fingerprint density at radius 3 is 1.62 bits per heavy atom. The van der Waals surface area contributed by atoms with Gasteiger partial charge in [0.2, 0.25) is 0 Å². The Morgan fingerprint density at radius 2 is 1.24 bits per heavy atom. The fourth-order valence-corrected chi connectivity index (χ4v) is 12.8. The fourth-order valence-electron chi connectivity index (χ4n) is 3.63. The SMILES string of the molecule is C[CH2][Ge]([C]#CC(O)P(=[Se])(CCc1ccccc1)CCc1ccccc1)([CH2]C)[CH2]C. The maximum atomic E-state index is 11.2. The minimum atomic E-state index is -2.10. The minimum absolute atomic E-state index is 0.510. The van der Waals surface area contributed by atoms with Crippen LogP contribution in [0.2, 0.25) is 15.8 Å². The first kappa shape index (κ1) is 24.7. The Kier molecular flexibility index (Phi) is 10.5. The second kappa shape index (κ2) is 12.3. The average Bonchev–Trinajstić information content (AvgIpc) is 2.79. The second-order valence-electron chi connectivity index (χ2n) is 7.85. The Labute approximate surface area is 188 Å². The van der Waals surface area contributed by atoms with E-state index in [1.165, 1.54) is 26.9 Å². The molecular formula is C25H35GeOPSe. The summed E-state index contributed by atoms with van der Waals surface area (Å²) in [4.78, 5) is 0. The van der Waals surface area contributed by atoms with E-state index in [2.05, 4.69) is 107 Å². The Balaban J connectivity index is 2.21. The number of hydrogen-bond donors (Lipinski definition) is 1. The van der Waals surface area contributed by atoms with Gasteiger partial charge in [0.15, 0.2) is 0 Å². The molecule has 0 fully saturated rings. The zero-order chi connectivity index (χ0) is 21.2. The van der Waals surface area contributed by atoms with E-state index in [0.29, 0.717) is 0 Å². The number of hydrogen-bond acceptors (Lipinski definition) is 1. The molecule has 29 heavy (non-hydrogen) atoms. The van der Waals surface area contributed by atoms with Gasteiger partial charge in [-0.3, -0.25) is 0 Å². The molecular weight excluding hydrogens is 499 g/mol. The summed E-state index contributed by atoms with van der Waals surface area (Å²) in [5.74, 6) is 2.89. The summed E-state index contributed by atoms with van der Waals surface area (Å²) in [5.41, 5.74) is 0.963. The Morgan fingerprint density at radius 1 is 0.828 bits per heavy atom. The Bertz CT molecular complexity index is 782. The molecule has 0 aliphatic rings. The third kappa shape index (κ3) is 7.58. The molecule has 0 aromatic heterocycles. The predicted octanol–water partition coefficient (Wildman–Crippen LogP) is 5.94. The van der Waals surface area contributed by atoms with Crippen LogP contribution in [0.3, 0.4) is 0 Å². The number of aliphatic hydroxyl groups is 1. The molecule has 0 bridgehead atoms. The predicted molar refractivity (Wildman–Crippen MR) is 134 cm³/mol. The summed E-state index contributed by atoms with van der Waals surface area (Å²) in [6.45, 7) is 6.87. The van der Waals surface area contributed by atoms with Gasteiger partial charge in [-0.1, -0.05) is 0 Å². The quantitative estimate of drug-likeness (QED) is 0.227. The summed E-state index contributed by atoms with van der Waals surface area (Å²) in [5, 5.41) is 14.9. The average molecular weight is 534 g/mol. The molecule has 4 heteroatoms. The van der Waals surface area contributed by atoms with Crippen LogP contribution in [0, 0.1) is 10.7 Å². The number of rotatable bonds is 10. The van der Waals surface area contributed by atoms with E-state index in [9.17, 15) is 5.11 Å². The number of benzene rings is 2. The fraction of sp³-hybridized carbons (Fsp3) is 0.440. The van der Waals surface area contributed by atoms with Gasteiger partial charge in [-0.2, -0.15) is 0 Å². The van der Waals surface area contributed by atoms with Crippen LogP contribution in [-0.4, -0.2) is 51.6 Å². The van der Waals surface area contributed by atoms with Crippen LogP contribution < -0.4 is 0 Å². The van der Waals surface area contributed by atoms with Crippen molar-refractivity contribution in [3.05, 3.63) is 71.8 Å². The van der Waals surface area contributed by atoms with Crippen molar-refractivity contribution in [3.63, 3.8) is 0 Å². The van der Waals surface area contributed by atoms with Crippen molar-refractivity contribution in [2.45, 2.75) is 55.2 Å². The topological polar surface area (TPSA) is 20.2 Å². The van der Waals surface area contributed by atoms with Gasteiger partial charge in [0.05, 0.1) is 0 Å². The van der Waals surface area contributed by atoms with Gasteiger partial charge in [0, 0.05) is 0 Å². The van der Waals surface area contributed by atoms with Gasteiger partial charge in [-0.15, -0.1) is 0 Å². The van der Waals surface area contributed by atoms with Crippen molar-refractivity contribution in [2.24, 2.45) is 0 Å². The first-order valence-electron chi connectivity index (χ1n) is 10.8. The van der Waals surface area contributed by atoms with Gasteiger partial charge in [-0.25, -0.2) is 0 Å². The van der Waals surface area contributed by atoms with Crippen molar-refractivity contribution < 1.29 is 5.11 Å². The molecule has 1 N–H and O–H groups in total. The van der Waals surface area contributed by atoms with Crippen LogP contribution >= 0.6 is 5.51 Å². The van der Waals surface area contributed by atoms with E-state index >= 15 is 0 Å². The monoisotopic (exact) mass is 536 g/mol. The molecule has 1 nitrogen and oxygen atoms in total. The molecule has 0 saturated carbocycles. The molecule has 0 amide bonds. The maximum absolute atomic E-state index is 11.2.